The highest BCUT2D eigenvalue weighted by molar-refractivity contribution is 9.10. The van der Waals surface area contributed by atoms with Gasteiger partial charge in [0.25, 0.3) is 5.91 Å². The van der Waals surface area contributed by atoms with E-state index in [1.165, 1.54) is 24.4 Å². The number of carbonyl (C=O) groups excluding carboxylic acids is 1. The maximum absolute atomic E-state index is 12.7. The smallest absolute Gasteiger partial charge is 0.270 e. The summed E-state index contributed by atoms with van der Waals surface area (Å²) < 4.78 is 18.1. The minimum Gasteiger partial charge on any atom is -0.483 e. The van der Waals surface area contributed by atoms with Crippen LogP contribution in [0.2, 0.25) is 0 Å². The summed E-state index contributed by atoms with van der Waals surface area (Å²) in [5.74, 6) is -0.631. The Morgan fingerprint density at radius 2 is 2.40 bits per heavy atom. The van der Waals surface area contributed by atoms with Gasteiger partial charge in [0.05, 0.1) is 4.47 Å². The SMILES string of the molecule is N#CNC(=O)COc1ccc(F)cc1Br. The second-order valence-corrected chi connectivity index (χ2v) is 3.38. The Morgan fingerprint density at radius 3 is 3.00 bits per heavy atom. The van der Waals surface area contributed by atoms with E-state index in [9.17, 15) is 9.18 Å². The second kappa shape index (κ2) is 5.32. The first-order valence-corrected chi connectivity index (χ1v) is 4.68. The van der Waals surface area contributed by atoms with Gasteiger partial charge in [-0.15, -0.1) is 0 Å². The van der Waals surface area contributed by atoms with Crippen LogP contribution in [-0.4, -0.2) is 12.5 Å². The number of benzene rings is 1. The number of halogens is 2. The lowest BCUT2D eigenvalue weighted by Gasteiger charge is -2.06. The molecule has 1 aromatic carbocycles. The van der Waals surface area contributed by atoms with Crippen molar-refractivity contribution >= 4 is 21.8 Å². The molecule has 0 bridgehead atoms. The molecule has 0 atom stereocenters. The largest absolute Gasteiger partial charge is 0.483 e. The van der Waals surface area contributed by atoms with Crippen molar-refractivity contribution in [2.24, 2.45) is 0 Å². The van der Waals surface area contributed by atoms with Crippen LogP contribution < -0.4 is 10.1 Å². The molecular formula is C9H6BrFN2O2. The van der Waals surface area contributed by atoms with Gasteiger partial charge in [-0.3, -0.25) is 10.1 Å². The summed E-state index contributed by atoms with van der Waals surface area (Å²) in [6, 6.07) is 3.82. The van der Waals surface area contributed by atoms with E-state index >= 15 is 0 Å². The quantitative estimate of drug-likeness (QED) is 0.671. The van der Waals surface area contributed by atoms with Crippen molar-refractivity contribution in [3.05, 3.63) is 28.5 Å². The van der Waals surface area contributed by atoms with Crippen LogP contribution in [0.1, 0.15) is 0 Å². The van der Waals surface area contributed by atoms with Crippen LogP contribution in [0, 0.1) is 17.3 Å². The van der Waals surface area contributed by atoms with Gasteiger partial charge in [0, 0.05) is 0 Å². The molecular weight excluding hydrogens is 267 g/mol. The molecule has 78 valence electrons. The van der Waals surface area contributed by atoms with Gasteiger partial charge in [-0.05, 0) is 34.1 Å². The van der Waals surface area contributed by atoms with Gasteiger partial charge in [0.2, 0.25) is 0 Å². The molecule has 4 nitrogen and oxygen atoms in total. The third-order valence-corrected chi connectivity index (χ3v) is 2.07. The van der Waals surface area contributed by atoms with E-state index in [1.807, 2.05) is 5.32 Å². The molecule has 1 amide bonds. The lowest BCUT2D eigenvalue weighted by molar-refractivity contribution is -0.121. The Bertz CT molecular complexity index is 417. The van der Waals surface area contributed by atoms with E-state index in [4.69, 9.17) is 10.00 Å². The number of hydrogen-bond acceptors (Lipinski definition) is 3. The molecule has 6 heteroatoms. The Hall–Kier alpha value is -1.61. The van der Waals surface area contributed by atoms with E-state index in [2.05, 4.69) is 15.9 Å². The van der Waals surface area contributed by atoms with Crippen molar-refractivity contribution in [1.29, 1.82) is 5.26 Å². The summed E-state index contributed by atoms with van der Waals surface area (Å²) in [4.78, 5) is 10.8. The Kier molecular flexibility index (Phi) is 4.06. The highest BCUT2D eigenvalue weighted by Gasteiger charge is 2.05. The average Bonchev–Trinajstić information content (AvgIpc) is 2.17. The lowest BCUT2D eigenvalue weighted by atomic mass is 10.3. The monoisotopic (exact) mass is 272 g/mol. The normalized spacial score (nSPS) is 9.13. The van der Waals surface area contributed by atoms with Crippen molar-refractivity contribution in [1.82, 2.24) is 5.32 Å². The number of nitrogens with zero attached hydrogens (tertiary/aromatic N) is 1. The van der Waals surface area contributed by atoms with E-state index < -0.39 is 11.7 Å². The summed E-state index contributed by atoms with van der Waals surface area (Å²) in [6.45, 7) is -0.294. The predicted octanol–water partition coefficient (Wildman–Crippen LogP) is 1.56. The number of amides is 1. The lowest BCUT2D eigenvalue weighted by Crippen LogP contribution is -2.24. The zero-order valence-corrected chi connectivity index (χ0v) is 9.04. The van der Waals surface area contributed by atoms with Crippen LogP contribution >= 0.6 is 15.9 Å². The third kappa shape index (κ3) is 3.56. The zero-order valence-electron chi connectivity index (χ0n) is 7.46. The number of carbonyl (C=O) groups is 1. The Balaban J connectivity index is 2.59. The molecule has 0 fully saturated rings. The zero-order chi connectivity index (χ0) is 11.3. The van der Waals surface area contributed by atoms with Crippen LogP contribution in [0.4, 0.5) is 4.39 Å². The molecule has 1 aromatic rings. The molecule has 0 aliphatic carbocycles. The maximum Gasteiger partial charge on any atom is 0.270 e. The molecule has 0 spiro atoms. The van der Waals surface area contributed by atoms with Crippen LogP contribution in [0.15, 0.2) is 22.7 Å². The first kappa shape index (κ1) is 11.5. The van der Waals surface area contributed by atoms with Crippen molar-refractivity contribution < 1.29 is 13.9 Å². The van der Waals surface area contributed by atoms with Gasteiger partial charge in [-0.25, -0.2) is 4.39 Å². The summed E-state index contributed by atoms with van der Waals surface area (Å²) in [5, 5.41) is 10.0. The molecule has 0 aliphatic rings. The number of hydrogen-bond donors (Lipinski definition) is 1. The van der Waals surface area contributed by atoms with Crippen LogP contribution in [0.25, 0.3) is 0 Å². The topological polar surface area (TPSA) is 62.1 Å². The van der Waals surface area contributed by atoms with Crippen molar-refractivity contribution in [2.75, 3.05) is 6.61 Å². The maximum atomic E-state index is 12.7. The number of ether oxygens (including phenoxy) is 1. The summed E-state index contributed by atoms with van der Waals surface area (Å²) >= 11 is 3.07. The highest BCUT2D eigenvalue weighted by atomic mass is 79.9. The van der Waals surface area contributed by atoms with E-state index in [1.54, 1.807) is 0 Å². The third-order valence-electron chi connectivity index (χ3n) is 1.45. The van der Waals surface area contributed by atoms with Crippen LogP contribution in [0.3, 0.4) is 0 Å². The molecule has 0 saturated carbocycles. The molecule has 0 radical (unpaired) electrons. The number of rotatable bonds is 3. The van der Waals surface area contributed by atoms with Crippen molar-refractivity contribution in [3.63, 3.8) is 0 Å². The first-order chi connectivity index (χ1) is 7.13. The van der Waals surface area contributed by atoms with E-state index in [0.717, 1.165) is 0 Å². The minimum atomic E-state index is -0.561. The molecule has 1 rings (SSSR count). The summed E-state index contributed by atoms with van der Waals surface area (Å²) in [6.07, 6.45) is 1.48. The molecule has 1 N–H and O–H groups in total. The van der Waals surface area contributed by atoms with Gasteiger partial charge < -0.3 is 4.74 Å². The van der Waals surface area contributed by atoms with E-state index in [-0.39, 0.29) is 6.61 Å². The summed E-state index contributed by atoms with van der Waals surface area (Å²) in [7, 11) is 0. The number of nitrogens with one attached hydrogen (secondary N) is 1. The highest BCUT2D eigenvalue weighted by Crippen LogP contribution is 2.25. The summed E-state index contributed by atoms with van der Waals surface area (Å²) in [5.41, 5.74) is 0. The molecule has 0 aliphatic heterocycles. The molecule has 0 heterocycles. The van der Waals surface area contributed by atoms with Gasteiger partial charge in [-0.2, -0.15) is 5.26 Å². The van der Waals surface area contributed by atoms with Gasteiger partial charge >= 0.3 is 0 Å². The molecule has 0 saturated heterocycles. The number of nitriles is 1. The fraction of sp³-hybridized carbons (Fsp3) is 0.111. The second-order valence-electron chi connectivity index (χ2n) is 2.52. The molecule has 15 heavy (non-hydrogen) atoms. The van der Waals surface area contributed by atoms with Gasteiger partial charge in [0.15, 0.2) is 12.8 Å². The van der Waals surface area contributed by atoms with Crippen molar-refractivity contribution in [2.45, 2.75) is 0 Å². The van der Waals surface area contributed by atoms with E-state index in [0.29, 0.717) is 10.2 Å². The predicted molar refractivity (Wildman–Crippen MR) is 53.4 cm³/mol. The van der Waals surface area contributed by atoms with Crippen molar-refractivity contribution in [3.8, 4) is 11.9 Å². The van der Waals surface area contributed by atoms with Crippen LogP contribution in [0.5, 0.6) is 5.75 Å². The molecule has 0 unspecified atom stereocenters. The Labute approximate surface area is 93.8 Å². The van der Waals surface area contributed by atoms with Gasteiger partial charge in [0.1, 0.15) is 11.6 Å². The fourth-order valence-corrected chi connectivity index (χ4v) is 1.30. The standard InChI is InChI=1S/C9H6BrFN2O2/c10-7-3-6(11)1-2-8(7)15-4-9(14)13-5-12/h1-3H,4H2,(H,13,14). The van der Waals surface area contributed by atoms with Crippen LogP contribution in [-0.2, 0) is 4.79 Å². The Morgan fingerprint density at radius 1 is 1.67 bits per heavy atom. The minimum absolute atomic E-state index is 0.294. The van der Waals surface area contributed by atoms with Gasteiger partial charge in [-0.1, -0.05) is 0 Å². The average molecular weight is 273 g/mol. The molecule has 0 aromatic heterocycles. The fourth-order valence-electron chi connectivity index (χ4n) is 0.834. The first-order valence-electron chi connectivity index (χ1n) is 3.89.